The zero-order valence-corrected chi connectivity index (χ0v) is 33.9. The minimum absolute atomic E-state index is 0. The Kier molecular flexibility index (Phi) is 17.5. The normalized spacial score (nSPS) is 9.56. The maximum atomic E-state index is 4.45. The molecule has 0 atom stereocenters. The first-order chi connectivity index (χ1) is 25.8. The molecule has 9 rings (SSSR count). The zero-order valence-electron chi connectivity index (χ0n) is 29.1. The molecule has 0 amide bonds. The van der Waals surface area contributed by atoms with E-state index in [1.807, 2.05) is 176 Å². The molecule has 4 heterocycles. The minimum atomic E-state index is 0. The SMILES string of the molecule is [Ir+3].[Ir].[c-]1ccccc1-c1ccccn1.[c-]1ccccc1-c1ccccn1.[c-]1ccccc1-c1ccccn1.[c-]1ccccc1-c1nccc2ccccc12. The number of benzene rings is 5. The molecule has 0 fully saturated rings. The van der Waals surface area contributed by atoms with Gasteiger partial charge >= 0.3 is 20.1 Å². The number of hydrogen-bond acceptors (Lipinski definition) is 4. The molecule has 0 aliphatic carbocycles. The summed E-state index contributed by atoms with van der Waals surface area (Å²) in [6, 6.07) is 71.9. The van der Waals surface area contributed by atoms with Gasteiger partial charge in [-0.2, -0.15) is 0 Å². The third-order valence-corrected chi connectivity index (χ3v) is 7.59. The van der Waals surface area contributed by atoms with Crippen LogP contribution in [0.15, 0.2) is 207 Å². The van der Waals surface area contributed by atoms with Crippen molar-refractivity contribution in [1.82, 2.24) is 19.9 Å². The van der Waals surface area contributed by atoms with Crippen molar-refractivity contribution in [3.05, 3.63) is 231 Å². The fourth-order valence-electron chi connectivity index (χ4n) is 5.10. The molecule has 265 valence electrons. The quantitative estimate of drug-likeness (QED) is 0.165. The summed E-state index contributed by atoms with van der Waals surface area (Å²) in [5, 5.41) is 2.39. The first-order valence-electron chi connectivity index (χ1n) is 16.8. The fourth-order valence-corrected chi connectivity index (χ4v) is 5.10. The van der Waals surface area contributed by atoms with Gasteiger partial charge in [-0.15, -0.1) is 144 Å². The van der Waals surface area contributed by atoms with Crippen molar-refractivity contribution in [3.8, 4) is 45.0 Å². The molecule has 6 heteroatoms. The van der Waals surface area contributed by atoms with Gasteiger partial charge in [0.05, 0.1) is 0 Å². The van der Waals surface area contributed by atoms with Crippen molar-refractivity contribution >= 4 is 10.8 Å². The van der Waals surface area contributed by atoms with Crippen molar-refractivity contribution in [1.29, 1.82) is 0 Å². The summed E-state index contributed by atoms with van der Waals surface area (Å²) in [6.07, 6.45) is 7.21. The van der Waals surface area contributed by atoms with E-state index < -0.39 is 0 Å². The summed E-state index contributed by atoms with van der Waals surface area (Å²) in [5.41, 5.74) is 8.07. The van der Waals surface area contributed by atoms with Gasteiger partial charge in [0.1, 0.15) is 0 Å². The molecule has 1 radical (unpaired) electrons. The third-order valence-electron chi connectivity index (χ3n) is 7.59. The molecule has 0 saturated carbocycles. The average Bonchev–Trinajstić information content (AvgIpc) is 3.26. The van der Waals surface area contributed by atoms with Gasteiger partial charge in [-0.3, -0.25) is 0 Å². The van der Waals surface area contributed by atoms with Crippen LogP contribution >= 0.6 is 0 Å². The minimum Gasteiger partial charge on any atom is -0.305 e. The monoisotopic (exact) mass is 1050 g/mol. The second-order valence-corrected chi connectivity index (χ2v) is 11.1. The topological polar surface area (TPSA) is 51.6 Å². The smallest absolute Gasteiger partial charge is 0.305 e. The van der Waals surface area contributed by atoms with E-state index in [1.54, 1.807) is 18.6 Å². The van der Waals surface area contributed by atoms with Crippen molar-refractivity contribution in [2.75, 3.05) is 0 Å². The van der Waals surface area contributed by atoms with Gasteiger partial charge in [-0.1, -0.05) is 60.7 Å². The van der Waals surface area contributed by atoms with E-state index in [4.69, 9.17) is 0 Å². The molecule has 9 aromatic rings. The number of rotatable bonds is 4. The Balaban J connectivity index is 0.000000160. The molecule has 4 aromatic heterocycles. The predicted octanol–water partition coefficient (Wildman–Crippen LogP) is 11.3. The zero-order chi connectivity index (χ0) is 35.5. The molecule has 0 aliphatic heterocycles. The van der Waals surface area contributed by atoms with Crippen LogP contribution in [0, 0.1) is 24.3 Å². The molecule has 0 saturated heterocycles. The van der Waals surface area contributed by atoms with E-state index in [0.717, 1.165) is 45.0 Å². The van der Waals surface area contributed by atoms with Crippen molar-refractivity contribution in [3.63, 3.8) is 0 Å². The van der Waals surface area contributed by atoms with Crippen LogP contribution in [0.2, 0.25) is 0 Å². The van der Waals surface area contributed by atoms with Crippen LogP contribution < -0.4 is 0 Å². The van der Waals surface area contributed by atoms with E-state index >= 15 is 0 Å². The molecule has 0 N–H and O–H groups in total. The maximum absolute atomic E-state index is 4.45. The standard InChI is InChI=1S/C15H10N.3C11H8N.2Ir/c1-2-7-13(8-3-1)15-14-9-5-4-6-12(14)10-11-16-15;3*1-2-6-10(7-3-1)11-8-4-5-9-12-11;;/h1-7,9-11H;3*1-6,8-9H;;/q4*-1;;+3. The number of aromatic nitrogens is 4. The second-order valence-electron chi connectivity index (χ2n) is 11.1. The molecule has 0 aliphatic rings. The first kappa shape index (κ1) is 41.0. The number of fused-ring (bicyclic) bond motifs is 1. The van der Waals surface area contributed by atoms with Gasteiger partial charge in [0, 0.05) is 44.9 Å². The van der Waals surface area contributed by atoms with Crippen LogP contribution in [0.3, 0.4) is 0 Å². The van der Waals surface area contributed by atoms with Crippen LogP contribution in [-0.2, 0) is 40.2 Å². The third kappa shape index (κ3) is 12.4. The van der Waals surface area contributed by atoms with Gasteiger partial charge in [0.2, 0.25) is 0 Å². The summed E-state index contributed by atoms with van der Waals surface area (Å²) in [7, 11) is 0. The van der Waals surface area contributed by atoms with Crippen LogP contribution in [0.4, 0.5) is 0 Å². The van der Waals surface area contributed by atoms with E-state index in [0.29, 0.717) is 0 Å². The van der Waals surface area contributed by atoms with Crippen LogP contribution in [0.25, 0.3) is 55.8 Å². The van der Waals surface area contributed by atoms with E-state index in [1.165, 1.54) is 10.8 Å². The largest absolute Gasteiger partial charge is 3.00 e. The van der Waals surface area contributed by atoms with E-state index in [9.17, 15) is 0 Å². The van der Waals surface area contributed by atoms with Crippen LogP contribution in [0.5, 0.6) is 0 Å². The molecule has 0 bridgehead atoms. The van der Waals surface area contributed by atoms with Gasteiger partial charge < -0.3 is 19.9 Å². The molecular formula is C48H34Ir2N4-. The Morgan fingerprint density at radius 1 is 0.315 bits per heavy atom. The van der Waals surface area contributed by atoms with Crippen LogP contribution in [-0.4, -0.2) is 19.9 Å². The molecule has 5 aromatic carbocycles. The number of nitrogens with zero attached hydrogens (tertiary/aromatic N) is 4. The molecule has 4 nitrogen and oxygen atoms in total. The first-order valence-corrected chi connectivity index (χ1v) is 16.8. The Morgan fingerprint density at radius 2 is 0.685 bits per heavy atom. The molecule has 0 unspecified atom stereocenters. The van der Waals surface area contributed by atoms with Gasteiger partial charge in [-0.25, -0.2) is 0 Å². The van der Waals surface area contributed by atoms with Crippen LogP contribution in [0.1, 0.15) is 0 Å². The van der Waals surface area contributed by atoms with Gasteiger partial charge in [0.15, 0.2) is 0 Å². The Bertz CT molecular complexity index is 2020. The van der Waals surface area contributed by atoms with Crippen molar-refractivity contribution in [2.45, 2.75) is 0 Å². The molecule has 0 spiro atoms. The maximum Gasteiger partial charge on any atom is 3.00 e. The summed E-state index contributed by atoms with van der Waals surface area (Å²) >= 11 is 0. The Labute approximate surface area is 344 Å². The predicted molar refractivity (Wildman–Crippen MR) is 212 cm³/mol. The van der Waals surface area contributed by atoms with E-state index in [-0.39, 0.29) is 40.2 Å². The summed E-state index contributed by atoms with van der Waals surface area (Å²) in [4.78, 5) is 17.1. The summed E-state index contributed by atoms with van der Waals surface area (Å²) in [5.74, 6) is 0. The average molecular weight is 1050 g/mol. The number of pyridine rings is 4. The second kappa shape index (κ2) is 23.0. The summed E-state index contributed by atoms with van der Waals surface area (Å²) in [6.45, 7) is 0. The molecule has 54 heavy (non-hydrogen) atoms. The van der Waals surface area contributed by atoms with Gasteiger partial charge in [0.25, 0.3) is 0 Å². The molecular weight excluding hydrogens is 1020 g/mol. The Morgan fingerprint density at radius 3 is 1.06 bits per heavy atom. The number of hydrogen-bond donors (Lipinski definition) is 0. The Hall–Kier alpha value is -5.74. The van der Waals surface area contributed by atoms with Gasteiger partial charge in [-0.05, 0) is 57.8 Å². The van der Waals surface area contributed by atoms with Crippen molar-refractivity contribution in [2.24, 2.45) is 0 Å². The fraction of sp³-hybridized carbons (Fsp3) is 0. The van der Waals surface area contributed by atoms with E-state index in [2.05, 4.69) is 56.3 Å². The summed E-state index contributed by atoms with van der Waals surface area (Å²) < 4.78 is 0. The van der Waals surface area contributed by atoms with Crippen molar-refractivity contribution < 1.29 is 40.2 Å².